The molecule has 3 heterocycles. The van der Waals surface area contributed by atoms with Gasteiger partial charge in [0.2, 0.25) is 0 Å². The third-order valence-electron chi connectivity index (χ3n) is 5.40. The highest BCUT2D eigenvalue weighted by Crippen LogP contribution is 2.39. The first kappa shape index (κ1) is 20.2. The fraction of sp³-hybridized carbons (Fsp3) is 0.125. The fourth-order valence-electron chi connectivity index (χ4n) is 3.85. The van der Waals surface area contributed by atoms with Gasteiger partial charge in [-0.2, -0.15) is 5.10 Å². The van der Waals surface area contributed by atoms with Gasteiger partial charge in [-0.25, -0.2) is 14.4 Å². The van der Waals surface area contributed by atoms with Crippen molar-refractivity contribution in [1.82, 2.24) is 9.99 Å². The molecule has 0 spiro atoms. The van der Waals surface area contributed by atoms with Crippen molar-refractivity contribution in [3.05, 3.63) is 94.8 Å². The Hall–Kier alpha value is -3.71. The average molecular weight is 450 g/mol. The predicted molar refractivity (Wildman–Crippen MR) is 118 cm³/mol. The highest BCUT2D eigenvalue weighted by molar-refractivity contribution is 6.30. The maximum absolute atomic E-state index is 14.4. The fourth-order valence-corrected chi connectivity index (χ4v) is 4.12. The van der Waals surface area contributed by atoms with Gasteiger partial charge in [0.25, 0.3) is 5.91 Å². The summed E-state index contributed by atoms with van der Waals surface area (Å²) in [6.45, 7) is 0. The number of hydrogen-bond donors (Lipinski definition) is 0. The molecule has 8 heteroatoms. The molecule has 32 heavy (non-hydrogen) atoms. The maximum Gasteiger partial charge on any atom is 0.277 e. The molecule has 6 nitrogen and oxygen atoms in total. The van der Waals surface area contributed by atoms with Gasteiger partial charge in [0.1, 0.15) is 33.7 Å². The molecule has 0 N–H and O–H groups in total. The summed E-state index contributed by atoms with van der Waals surface area (Å²) in [5, 5.41) is 6.76. The molecule has 5 rings (SSSR count). The predicted octanol–water partition coefficient (Wildman–Crippen LogP) is 5.62. The maximum atomic E-state index is 14.4. The van der Waals surface area contributed by atoms with Crippen molar-refractivity contribution in [3.8, 4) is 5.75 Å². The van der Waals surface area contributed by atoms with Crippen LogP contribution in [0.4, 0.5) is 4.39 Å². The molecular formula is C24H17ClFN3O3. The SMILES string of the molecule is COc1cccc2cc(C3CC(c4ccco4)=NN3C(=O)c3ccccc3F)c(Cl)nc12. The number of amides is 1. The number of methoxy groups -OCH3 is 1. The van der Waals surface area contributed by atoms with E-state index in [1.807, 2.05) is 18.2 Å². The molecule has 1 aliphatic heterocycles. The number of carbonyl (C=O) groups excluding carboxylic acids is 1. The van der Waals surface area contributed by atoms with Crippen LogP contribution < -0.4 is 4.74 Å². The van der Waals surface area contributed by atoms with Crippen molar-refractivity contribution in [3.63, 3.8) is 0 Å². The number of aromatic nitrogens is 1. The van der Waals surface area contributed by atoms with E-state index in [0.29, 0.717) is 34.7 Å². The van der Waals surface area contributed by atoms with Gasteiger partial charge >= 0.3 is 0 Å². The minimum Gasteiger partial charge on any atom is -0.494 e. The number of para-hydroxylation sites is 1. The lowest BCUT2D eigenvalue weighted by Gasteiger charge is -2.23. The zero-order valence-corrected chi connectivity index (χ0v) is 17.7. The van der Waals surface area contributed by atoms with Crippen LogP contribution in [0.25, 0.3) is 10.9 Å². The zero-order valence-electron chi connectivity index (χ0n) is 17.0. The normalized spacial score (nSPS) is 15.8. The number of benzene rings is 2. The topological polar surface area (TPSA) is 67.9 Å². The Morgan fingerprint density at radius 3 is 2.78 bits per heavy atom. The Morgan fingerprint density at radius 1 is 1.19 bits per heavy atom. The van der Waals surface area contributed by atoms with Crippen LogP contribution in [0.2, 0.25) is 5.15 Å². The van der Waals surface area contributed by atoms with Crippen molar-refractivity contribution in [2.45, 2.75) is 12.5 Å². The van der Waals surface area contributed by atoms with Crippen LogP contribution in [-0.2, 0) is 0 Å². The van der Waals surface area contributed by atoms with Crippen LogP contribution in [0.15, 0.2) is 76.4 Å². The van der Waals surface area contributed by atoms with E-state index in [4.69, 9.17) is 20.8 Å². The molecule has 0 fully saturated rings. The highest BCUT2D eigenvalue weighted by atomic mass is 35.5. The van der Waals surface area contributed by atoms with Crippen LogP contribution in [-0.4, -0.2) is 28.7 Å². The number of halogens is 2. The minimum absolute atomic E-state index is 0.0755. The zero-order chi connectivity index (χ0) is 22.2. The van der Waals surface area contributed by atoms with E-state index in [0.717, 1.165) is 5.39 Å². The van der Waals surface area contributed by atoms with Crippen molar-refractivity contribution in [2.24, 2.45) is 5.10 Å². The van der Waals surface area contributed by atoms with Crippen LogP contribution in [0, 0.1) is 5.82 Å². The summed E-state index contributed by atoms with van der Waals surface area (Å²) < 4.78 is 25.3. The summed E-state index contributed by atoms with van der Waals surface area (Å²) >= 11 is 6.58. The van der Waals surface area contributed by atoms with Crippen molar-refractivity contribution >= 4 is 34.1 Å². The van der Waals surface area contributed by atoms with Crippen LogP contribution in [0.1, 0.15) is 34.1 Å². The standard InChI is InChI=1S/C24H17ClFN3O3/c1-31-21-9-4-6-14-12-16(23(25)27-22(14)21)19-13-18(20-10-5-11-32-20)28-29(19)24(30)15-7-2-3-8-17(15)26/h2-12,19H,13H2,1H3. The van der Waals surface area contributed by atoms with Gasteiger partial charge in [-0.1, -0.05) is 35.9 Å². The molecule has 1 unspecified atom stereocenters. The Balaban J connectivity index is 1.62. The molecule has 1 aliphatic rings. The lowest BCUT2D eigenvalue weighted by atomic mass is 10.00. The van der Waals surface area contributed by atoms with Crippen LogP contribution >= 0.6 is 11.6 Å². The minimum atomic E-state index is -0.620. The highest BCUT2D eigenvalue weighted by Gasteiger charge is 2.37. The molecule has 0 radical (unpaired) electrons. The quantitative estimate of drug-likeness (QED) is 0.379. The number of hydrogen-bond acceptors (Lipinski definition) is 5. The third-order valence-corrected chi connectivity index (χ3v) is 5.70. The second-order valence-electron chi connectivity index (χ2n) is 7.27. The lowest BCUT2D eigenvalue weighted by molar-refractivity contribution is 0.0706. The summed E-state index contributed by atoms with van der Waals surface area (Å²) in [6, 6.07) is 16.1. The first-order chi connectivity index (χ1) is 15.6. The van der Waals surface area contributed by atoms with Crippen molar-refractivity contribution in [1.29, 1.82) is 0 Å². The van der Waals surface area contributed by atoms with E-state index in [9.17, 15) is 9.18 Å². The number of nitrogens with zero attached hydrogens (tertiary/aromatic N) is 3. The number of carbonyl (C=O) groups is 1. The first-order valence-electron chi connectivity index (χ1n) is 9.89. The molecule has 2 aromatic heterocycles. The second-order valence-corrected chi connectivity index (χ2v) is 7.63. The second kappa shape index (κ2) is 8.09. The van der Waals surface area contributed by atoms with Gasteiger partial charge in [-0.05, 0) is 36.4 Å². The molecule has 160 valence electrons. The van der Waals surface area contributed by atoms with Gasteiger partial charge in [0.15, 0.2) is 0 Å². The van der Waals surface area contributed by atoms with Crippen molar-refractivity contribution < 1.29 is 18.3 Å². The smallest absolute Gasteiger partial charge is 0.277 e. The van der Waals surface area contributed by atoms with Crippen LogP contribution in [0.3, 0.4) is 0 Å². The van der Waals surface area contributed by atoms with E-state index < -0.39 is 17.8 Å². The Morgan fingerprint density at radius 2 is 2.03 bits per heavy atom. The third kappa shape index (κ3) is 3.40. The Labute approximate surface area is 187 Å². The monoisotopic (exact) mass is 449 g/mol. The molecule has 0 aliphatic carbocycles. The lowest BCUT2D eigenvalue weighted by Crippen LogP contribution is -2.28. The molecule has 2 aromatic carbocycles. The first-order valence-corrected chi connectivity index (χ1v) is 10.3. The number of rotatable bonds is 4. The van der Waals surface area contributed by atoms with E-state index in [1.54, 1.807) is 31.4 Å². The summed E-state index contributed by atoms with van der Waals surface area (Å²) in [5.41, 5.74) is 1.70. The number of furan rings is 1. The molecule has 1 atom stereocenters. The largest absolute Gasteiger partial charge is 0.494 e. The van der Waals surface area contributed by atoms with Gasteiger partial charge in [0.05, 0.1) is 25.0 Å². The summed E-state index contributed by atoms with van der Waals surface area (Å²) in [4.78, 5) is 17.8. The van der Waals surface area contributed by atoms with Crippen LogP contribution in [0.5, 0.6) is 5.75 Å². The van der Waals surface area contributed by atoms with E-state index in [1.165, 1.54) is 29.5 Å². The van der Waals surface area contributed by atoms with Gasteiger partial charge in [-0.15, -0.1) is 0 Å². The molecular weight excluding hydrogens is 433 g/mol. The van der Waals surface area contributed by atoms with Crippen molar-refractivity contribution in [2.75, 3.05) is 7.11 Å². The summed E-state index contributed by atoms with van der Waals surface area (Å²) in [5.74, 6) is -0.0682. The average Bonchev–Trinajstić information content (AvgIpc) is 3.48. The molecule has 1 amide bonds. The molecule has 4 aromatic rings. The van der Waals surface area contributed by atoms with Gasteiger partial charge in [-0.3, -0.25) is 4.79 Å². The Bertz CT molecular complexity index is 1350. The van der Waals surface area contributed by atoms with E-state index in [-0.39, 0.29) is 10.7 Å². The van der Waals surface area contributed by atoms with Gasteiger partial charge < -0.3 is 9.15 Å². The molecule has 0 saturated carbocycles. The van der Waals surface area contributed by atoms with E-state index >= 15 is 0 Å². The number of ether oxygens (including phenoxy) is 1. The molecule has 0 saturated heterocycles. The van der Waals surface area contributed by atoms with Gasteiger partial charge in [0, 0.05) is 17.4 Å². The Kier molecular flexibility index (Phi) is 5.11. The summed E-state index contributed by atoms with van der Waals surface area (Å²) in [7, 11) is 1.56. The molecule has 0 bridgehead atoms. The number of hydrazone groups is 1. The number of fused-ring (bicyclic) bond motifs is 1. The summed E-state index contributed by atoms with van der Waals surface area (Å²) in [6.07, 6.45) is 1.87. The van der Waals surface area contributed by atoms with E-state index in [2.05, 4.69) is 10.1 Å². The number of pyridine rings is 1.